The van der Waals surface area contributed by atoms with E-state index in [1.54, 1.807) is 24.5 Å². The molecule has 0 bridgehead atoms. The van der Waals surface area contributed by atoms with Crippen LogP contribution in [0.4, 0.5) is 19.7 Å². The Hall–Kier alpha value is -2.96. The van der Waals surface area contributed by atoms with Gasteiger partial charge in [-0.15, -0.1) is 0 Å². The Balaban J connectivity index is 1.35. The first-order chi connectivity index (χ1) is 16.2. The van der Waals surface area contributed by atoms with Crippen molar-refractivity contribution in [2.45, 2.75) is 25.3 Å². The molecule has 0 aliphatic carbocycles. The Labute approximate surface area is 199 Å². The topological polar surface area (TPSA) is 118 Å². The maximum atomic E-state index is 14.0. The van der Waals surface area contributed by atoms with Crippen LogP contribution in [0.15, 0.2) is 42.7 Å². The molecular weight excluding hydrogens is 484 g/mol. The largest absolute Gasteiger partial charge is 0.382 e. The number of anilines is 2. The summed E-state index contributed by atoms with van der Waals surface area (Å²) >= 11 is 0.919. The lowest BCUT2D eigenvalue weighted by atomic mass is 10.1. The molecule has 0 atom stereocenters. The number of thiazole rings is 1. The van der Waals surface area contributed by atoms with Crippen molar-refractivity contribution in [3.8, 4) is 0 Å². The number of carbonyl (C=O) groups is 1. The van der Waals surface area contributed by atoms with Crippen molar-refractivity contribution < 1.29 is 22.0 Å². The van der Waals surface area contributed by atoms with E-state index in [0.717, 1.165) is 29.0 Å². The first-order valence-electron chi connectivity index (χ1n) is 10.6. The number of nitrogens with zero attached hydrogens (tertiary/aromatic N) is 3. The van der Waals surface area contributed by atoms with E-state index in [1.165, 1.54) is 10.4 Å². The van der Waals surface area contributed by atoms with Crippen molar-refractivity contribution in [3.63, 3.8) is 0 Å². The van der Waals surface area contributed by atoms with Crippen LogP contribution in [0, 0.1) is 11.6 Å². The number of sulfonamides is 1. The number of hydrogen-bond donors (Lipinski definition) is 2. The van der Waals surface area contributed by atoms with Crippen LogP contribution in [-0.4, -0.2) is 53.4 Å². The fourth-order valence-electron chi connectivity index (χ4n) is 3.76. The van der Waals surface area contributed by atoms with Gasteiger partial charge in [0.05, 0.1) is 11.3 Å². The summed E-state index contributed by atoms with van der Waals surface area (Å²) < 4.78 is 54.9. The van der Waals surface area contributed by atoms with E-state index in [0.29, 0.717) is 37.5 Å². The molecule has 3 N–H and O–H groups in total. The number of rotatable bonds is 8. The number of hydrogen-bond acceptors (Lipinski definition) is 8. The second-order valence-electron chi connectivity index (χ2n) is 7.90. The zero-order chi connectivity index (χ0) is 24.3. The number of aryl methyl sites for hydroxylation is 1. The summed E-state index contributed by atoms with van der Waals surface area (Å²) in [6.45, 7) is 0.701. The highest BCUT2D eigenvalue weighted by Crippen LogP contribution is 2.30. The Morgan fingerprint density at radius 2 is 1.79 bits per heavy atom. The summed E-state index contributed by atoms with van der Waals surface area (Å²) in [5.41, 5.74) is 6.09. The van der Waals surface area contributed by atoms with Crippen LogP contribution in [0.25, 0.3) is 0 Å². The molecule has 0 unspecified atom stereocenters. The van der Waals surface area contributed by atoms with Gasteiger partial charge in [0, 0.05) is 31.5 Å². The van der Waals surface area contributed by atoms with Gasteiger partial charge in [-0.05, 0) is 49.1 Å². The average Bonchev–Trinajstić information content (AvgIpc) is 3.18. The first kappa shape index (κ1) is 24.2. The Morgan fingerprint density at radius 3 is 2.44 bits per heavy atom. The van der Waals surface area contributed by atoms with Crippen LogP contribution in [0.5, 0.6) is 0 Å². The molecule has 8 nitrogen and oxygen atoms in total. The fourth-order valence-corrected chi connectivity index (χ4v) is 6.19. The lowest BCUT2D eigenvalue weighted by Gasteiger charge is -2.31. The van der Waals surface area contributed by atoms with Crippen LogP contribution in [0.3, 0.4) is 0 Å². The third-order valence-electron chi connectivity index (χ3n) is 5.62. The number of pyridine rings is 1. The van der Waals surface area contributed by atoms with Gasteiger partial charge in [0.25, 0.3) is 0 Å². The Morgan fingerprint density at radius 1 is 1.15 bits per heavy atom. The first-order valence-corrected chi connectivity index (χ1v) is 13.1. The lowest BCUT2D eigenvalue weighted by Crippen LogP contribution is -2.43. The molecule has 34 heavy (non-hydrogen) atoms. The molecule has 0 saturated carbocycles. The fraction of sp³-hybridized carbons (Fsp3) is 0.318. The summed E-state index contributed by atoms with van der Waals surface area (Å²) in [4.78, 5) is 20.6. The quantitative estimate of drug-likeness (QED) is 0.450. The van der Waals surface area contributed by atoms with Gasteiger partial charge >= 0.3 is 0 Å². The number of piperidine rings is 1. The highest BCUT2D eigenvalue weighted by Gasteiger charge is 2.29. The van der Waals surface area contributed by atoms with Crippen LogP contribution in [-0.2, 0) is 16.4 Å². The van der Waals surface area contributed by atoms with E-state index in [2.05, 4.69) is 15.3 Å². The van der Waals surface area contributed by atoms with Gasteiger partial charge in [0.1, 0.15) is 22.3 Å². The van der Waals surface area contributed by atoms with Gasteiger partial charge in [-0.3, -0.25) is 9.78 Å². The molecule has 1 saturated heterocycles. The SMILES string of the molecule is Nc1nc(NC2CCN(S(=O)(=O)CCc3ccncc3)CC2)sc1C(=O)c1c(F)cccc1F. The van der Waals surface area contributed by atoms with Crippen molar-refractivity contribution in [2.24, 2.45) is 0 Å². The van der Waals surface area contributed by atoms with Gasteiger partial charge in [-0.2, -0.15) is 0 Å². The minimum atomic E-state index is -3.39. The average molecular weight is 508 g/mol. The van der Waals surface area contributed by atoms with E-state index in [9.17, 15) is 22.0 Å². The number of carbonyl (C=O) groups excluding carboxylic acids is 1. The molecule has 3 aromatic rings. The molecule has 4 rings (SSSR count). The van der Waals surface area contributed by atoms with Crippen LogP contribution < -0.4 is 11.1 Å². The second-order valence-corrected chi connectivity index (χ2v) is 11.0. The summed E-state index contributed by atoms with van der Waals surface area (Å²) in [6.07, 6.45) is 4.77. The monoisotopic (exact) mass is 507 g/mol. The van der Waals surface area contributed by atoms with E-state index < -0.39 is 33.0 Å². The predicted molar refractivity (Wildman–Crippen MR) is 126 cm³/mol. The van der Waals surface area contributed by atoms with Gasteiger partial charge in [0.2, 0.25) is 15.8 Å². The van der Waals surface area contributed by atoms with Crippen LogP contribution in [0.2, 0.25) is 0 Å². The van der Waals surface area contributed by atoms with Gasteiger partial charge in [-0.1, -0.05) is 17.4 Å². The van der Waals surface area contributed by atoms with E-state index in [1.807, 2.05) is 0 Å². The van der Waals surface area contributed by atoms with Gasteiger partial charge in [-0.25, -0.2) is 26.5 Å². The number of aromatic nitrogens is 2. The molecule has 180 valence electrons. The lowest BCUT2D eigenvalue weighted by molar-refractivity contribution is 0.103. The molecule has 12 heteroatoms. The number of nitrogens with two attached hydrogens (primary N) is 1. The number of ketones is 1. The number of benzene rings is 1. The zero-order valence-corrected chi connectivity index (χ0v) is 19.7. The molecular formula is C22H23F2N5O3S2. The Bertz CT molecular complexity index is 1260. The maximum absolute atomic E-state index is 14.0. The number of nitrogens with one attached hydrogen (secondary N) is 1. The molecule has 0 spiro atoms. The van der Waals surface area contributed by atoms with Crippen LogP contribution in [0.1, 0.15) is 33.6 Å². The van der Waals surface area contributed by atoms with Crippen molar-refractivity contribution in [3.05, 3.63) is 70.4 Å². The predicted octanol–water partition coefficient (Wildman–Crippen LogP) is 3.08. The molecule has 1 fully saturated rings. The number of nitrogen functional groups attached to an aromatic ring is 1. The zero-order valence-electron chi connectivity index (χ0n) is 18.1. The highest BCUT2D eigenvalue weighted by atomic mass is 32.2. The van der Waals surface area contributed by atoms with Crippen LogP contribution >= 0.6 is 11.3 Å². The molecule has 0 amide bonds. The Kier molecular flexibility index (Phi) is 7.19. The summed E-state index contributed by atoms with van der Waals surface area (Å²) in [5, 5.41) is 3.51. The second kappa shape index (κ2) is 10.1. The maximum Gasteiger partial charge on any atom is 0.214 e. The molecule has 0 radical (unpaired) electrons. The normalized spacial score (nSPS) is 15.4. The molecule has 2 aromatic heterocycles. The number of halogens is 2. The molecule has 3 heterocycles. The standard InChI is InChI=1S/C22H23F2N5O3S2/c23-16-2-1-3-17(24)18(16)19(30)20-21(25)28-22(33-20)27-15-6-11-29(12-7-15)34(31,32)13-8-14-4-9-26-10-5-14/h1-5,9-10,15H,6-8,11-13,25H2,(H,27,28). The minimum Gasteiger partial charge on any atom is -0.382 e. The van der Waals surface area contributed by atoms with Gasteiger partial charge < -0.3 is 11.1 Å². The smallest absolute Gasteiger partial charge is 0.214 e. The summed E-state index contributed by atoms with van der Waals surface area (Å²) in [7, 11) is -3.39. The van der Waals surface area contributed by atoms with E-state index >= 15 is 0 Å². The summed E-state index contributed by atoms with van der Waals surface area (Å²) in [5.74, 6) is -2.89. The van der Waals surface area contributed by atoms with E-state index in [4.69, 9.17) is 5.73 Å². The van der Waals surface area contributed by atoms with Crippen molar-refractivity contribution in [1.82, 2.24) is 14.3 Å². The molecule has 1 aromatic carbocycles. The van der Waals surface area contributed by atoms with Gasteiger partial charge in [0.15, 0.2) is 5.13 Å². The molecule has 1 aliphatic heterocycles. The van der Waals surface area contributed by atoms with Crippen molar-refractivity contribution >= 4 is 38.1 Å². The third kappa shape index (κ3) is 5.40. The minimum absolute atomic E-state index is 0.0240. The molecule has 1 aliphatic rings. The summed E-state index contributed by atoms with van der Waals surface area (Å²) in [6, 6.07) is 6.70. The van der Waals surface area contributed by atoms with E-state index in [-0.39, 0.29) is 22.5 Å². The third-order valence-corrected chi connectivity index (χ3v) is 8.50. The van der Waals surface area contributed by atoms with Crippen molar-refractivity contribution in [2.75, 3.05) is 29.9 Å². The highest BCUT2D eigenvalue weighted by molar-refractivity contribution is 7.89. The van der Waals surface area contributed by atoms with Crippen molar-refractivity contribution in [1.29, 1.82) is 0 Å².